The van der Waals surface area contributed by atoms with E-state index in [2.05, 4.69) is 39.7 Å². The minimum Gasteiger partial charge on any atom is -0.368 e. The average molecular weight is 241 g/mol. The number of aromatic nitrogens is 5. The van der Waals surface area contributed by atoms with Gasteiger partial charge < -0.3 is 5.32 Å². The Labute approximate surface area is 98.0 Å². The van der Waals surface area contributed by atoms with Crippen LogP contribution in [0.2, 0.25) is 0 Å². The van der Waals surface area contributed by atoms with Crippen LogP contribution in [0.15, 0.2) is 12.4 Å². The van der Waals surface area contributed by atoms with E-state index in [-0.39, 0.29) is 5.41 Å². The van der Waals surface area contributed by atoms with Crippen LogP contribution in [-0.2, 0) is 0 Å². The number of hydrogen-bond donors (Lipinski definition) is 1. The summed E-state index contributed by atoms with van der Waals surface area (Å²) in [6, 6.07) is 0. The van der Waals surface area contributed by atoms with Crippen LogP contribution in [0.4, 0.5) is 5.82 Å². The largest absolute Gasteiger partial charge is 0.368 e. The molecule has 0 fully saturated rings. The SMILES string of the molecule is CC(C)(CCl)CNc1cncc2nnnn12. The molecule has 0 radical (unpaired) electrons. The van der Waals surface area contributed by atoms with Crippen molar-refractivity contribution in [2.75, 3.05) is 17.7 Å². The van der Waals surface area contributed by atoms with Gasteiger partial charge in [-0.3, -0.25) is 4.98 Å². The van der Waals surface area contributed by atoms with Gasteiger partial charge >= 0.3 is 0 Å². The number of nitrogens with zero attached hydrogens (tertiary/aromatic N) is 5. The first-order valence-corrected chi connectivity index (χ1v) is 5.48. The summed E-state index contributed by atoms with van der Waals surface area (Å²) in [6.45, 7) is 4.90. The number of tetrazole rings is 1. The Morgan fingerprint density at radius 1 is 1.44 bits per heavy atom. The third-order valence-electron chi connectivity index (χ3n) is 2.22. The Balaban J connectivity index is 2.18. The third kappa shape index (κ3) is 2.21. The Morgan fingerprint density at radius 2 is 2.25 bits per heavy atom. The lowest BCUT2D eigenvalue weighted by molar-refractivity contribution is 0.449. The Hall–Kier alpha value is -1.43. The van der Waals surface area contributed by atoms with E-state index in [4.69, 9.17) is 11.6 Å². The predicted molar refractivity (Wildman–Crippen MR) is 61.6 cm³/mol. The van der Waals surface area contributed by atoms with Crippen LogP contribution in [0.1, 0.15) is 13.8 Å². The van der Waals surface area contributed by atoms with Crippen molar-refractivity contribution in [3.8, 4) is 0 Å². The van der Waals surface area contributed by atoms with Gasteiger partial charge in [-0.05, 0) is 15.8 Å². The Bertz CT molecular complexity index is 480. The molecule has 0 unspecified atom stereocenters. The van der Waals surface area contributed by atoms with Crippen molar-refractivity contribution in [2.24, 2.45) is 5.41 Å². The van der Waals surface area contributed by atoms with Gasteiger partial charge in [0, 0.05) is 12.4 Å². The minimum atomic E-state index is 0.0116. The zero-order chi connectivity index (χ0) is 11.6. The van der Waals surface area contributed by atoms with E-state index in [1.165, 1.54) is 0 Å². The van der Waals surface area contributed by atoms with Gasteiger partial charge in [-0.2, -0.15) is 4.52 Å². The summed E-state index contributed by atoms with van der Waals surface area (Å²) in [6.07, 6.45) is 3.30. The van der Waals surface area contributed by atoms with Gasteiger partial charge in [0.05, 0.1) is 12.4 Å². The Kier molecular flexibility index (Phi) is 2.91. The van der Waals surface area contributed by atoms with Gasteiger partial charge in [0.25, 0.3) is 0 Å². The van der Waals surface area contributed by atoms with Crippen LogP contribution in [0.25, 0.3) is 5.65 Å². The molecule has 0 aliphatic carbocycles. The second-order valence-electron chi connectivity index (χ2n) is 4.39. The number of fused-ring (bicyclic) bond motifs is 1. The number of rotatable bonds is 4. The smallest absolute Gasteiger partial charge is 0.199 e. The van der Waals surface area contributed by atoms with Crippen molar-refractivity contribution in [1.29, 1.82) is 0 Å². The second kappa shape index (κ2) is 4.21. The predicted octanol–water partition coefficient (Wildman–Crippen LogP) is 1.20. The first-order valence-electron chi connectivity index (χ1n) is 4.94. The zero-order valence-corrected chi connectivity index (χ0v) is 9.94. The van der Waals surface area contributed by atoms with E-state index >= 15 is 0 Å². The van der Waals surface area contributed by atoms with Gasteiger partial charge in [0.2, 0.25) is 0 Å². The molecule has 0 saturated heterocycles. The summed E-state index contributed by atoms with van der Waals surface area (Å²) in [7, 11) is 0. The lowest BCUT2D eigenvalue weighted by atomic mass is 9.97. The molecule has 2 heterocycles. The lowest BCUT2D eigenvalue weighted by Gasteiger charge is -2.22. The lowest BCUT2D eigenvalue weighted by Crippen LogP contribution is -2.25. The maximum absolute atomic E-state index is 5.85. The highest BCUT2D eigenvalue weighted by atomic mass is 35.5. The molecule has 1 N–H and O–H groups in total. The average Bonchev–Trinajstić information content (AvgIpc) is 2.75. The fraction of sp³-hybridized carbons (Fsp3) is 0.556. The molecule has 0 spiro atoms. The fourth-order valence-electron chi connectivity index (χ4n) is 1.17. The van der Waals surface area contributed by atoms with E-state index in [9.17, 15) is 0 Å². The summed E-state index contributed by atoms with van der Waals surface area (Å²) in [4.78, 5) is 4.05. The van der Waals surface area contributed by atoms with Crippen LogP contribution >= 0.6 is 11.6 Å². The standard InChI is InChI=1S/C9H13ClN6/c1-9(2,5-10)6-12-7-3-11-4-8-13-14-15-16(7)8/h3-4,12H,5-6H2,1-2H3. The van der Waals surface area contributed by atoms with E-state index in [0.29, 0.717) is 11.5 Å². The molecule has 86 valence electrons. The number of alkyl halides is 1. The zero-order valence-electron chi connectivity index (χ0n) is 9.18. The highest BCUT2D eigenvalue weighted by molar-refractivity contribution is 6.18. The van der Waals surface area contributed by atoms with Crippen molar-refractivity contribution in [3.63, 3.8) is 0 Å². The second-order valence-corrected chi connectivity index (χ2v) is 4.66. The van der Waals surface area contributed by atoms with Crippen LogP contribution < -0.4 is 5.32 Å². The molecule has 2 aromatic heterocycles. The molecule has 0 amide bonds. The molecule has 0 saturated carbocycles. The maximum Gasteiger partial charge on any atom is 0.199 e. The van der Waals surface area contributed by atoms with E-state index < -0.39 is 0 Å². The highest BCUT2D eigenvalue weighted by Crippen LogP contribution is 2.17. The molecule has 16 heavy (non-hydrogen) atoms. The summed E-state index contributed by atoms with van der Waals surface area (Å²) in [5, 5.41) is 14.5. The molecule has 2 aromatic rings. The van der Waals surface area contributed by atoms with Gasteiger partial charge in [-0.1, -0.05) is 13.8 Å². The number of halogens is 1. The third-order valence-corrected chi connectivity index (χ3v) is 2.94. The summed E-state index contributed by atoms with van der Waals surface area (Å²) in [5.74, 6) is 1.35. The topological polar surface area (TPSA) is 68.0 Å². The van der Waals surface area contributed by atoms with Crippen molar-refractivity contribution >= 4 is 23.1 Å². The van der Waals surface area contributed by atoms with Crippen molar-refractivity contribution in [3.05, 3.63) is 12.4 Å². The van der Waals surface area contributed by atoms with E-state index in [0.717, 1.165) is 12.4 Å². The normalized spacial score (nSPS) is 11.9. The summed E-state index contributed by atoms with van der Waals surface area (Å²) < 4.78 is 1.61. The molecular formula is C9H13ClN6. The molecular weight excluding hydrogens is 228 g/mol. The summed E-state index contributed by atoms with van der Waals surface area (Å²) in [5.41, 5.74) is 0.631. The number of hydrogen-bond acceptors (Lipinski definition) is 5. The van der Waals surface area contributed by atoms with Crippen molar-refractivity contribution in [1.82, 2.24) is 25.0 Å². The Morgan fingerprint density at radius 3 is 3.00 bits per heavy atom. The van der Waals surface area contributed by atoms with Crippen molar-refractivity contribution < 1.29 is 0 Å². The molecule has 0 aromatic carbocycles. The molecule has 0 bridgehead atoms. The van der Waals surface area contributed by atoms with Crippen LogP contribution in [0.5, 0.6) is 0 Å². The molecule has 0 aliphatic rings. The number of anilines is 1. The van der Waals surface area contributed by atoms with Crippen molar-refractivity contribution in [2.45, 2.75) is 13.8 Å². The molecule has 7 heteroatoms. The van der Waals surface area contributed by atoms with E-state index in [1.54, 1.807) is 16.9 Å². The molecule has 6 nitrogen and oxygen atoms in total. The number of nitrogens with one attached hydrogen (secondary N) is 1. The summed E-state index contributed by atoms with van der Waals surface area (Å²) >= 11 is 5.85. The highest BCUT2D eigenvalue weighted by Gasteiger charge is 2.16. The first kappa shape index (κ1) is 11.1. The quantitative estimate of drug-likeness (QED) is 0.814. The van der Waals surface area contributed by atoms with Gasteiger partial charge in [0.15, 0.2) is 5.65 Å². The van der Waals surface area contributed by atoms with Gasteiger partial charge in [0.1, 0.15) is 5.82 Å². The van der Waals surface area contributed by atoms with Crippen LogP contribution in [0.3, 0.4) is 0 Å². The molecule has 0 atom stereocenters. The fourth-order valence-corrected chi connectivity index (χ4v) is 1.27. The maximum atomic E-state index is 5.85. The molecule has 0 aliphatic heterocycles. The van der Waals surface area contributed by atoms with Crippen LogP contribution in [0, 0.1) is 5.41 Å². The monoisotopic (exact) mass is 240 g/mol. The van der Waals surface area contributed by atoms with Gasteiger partial charge in [-0.25, -0.2) is 0 Å². The van der Waals surface area contributed by atoms with E-state index in [1.807, 2.05) is 0 Å². The minimum absolute atomic E-state index is 0.0116. The molecule has 2 rings (SSSR count). The van der Waals surface area contributed by atoms with Gasteiger partial charge in [-0.15, -0.1) is 16.7 Å². The first-order chi connectivity index (χ1) is 7.62. The van der Waals surface area contributed by atoms with Crippen LogP contribution in [-0.4, -0.2) is 37.4 Å².